The van der Waals surface area contributed by atoms with E-state index in [2.05, 4.69) is 11.4 Å². The van der Waals surface area contributed by atoms with E-state index < -0.39 is 10.0 Å². The number of rotatable bonds is 8. The third-order valence-electron chi connectivity index (χ3n) is 5.81. The highest BCUT2D eigenvalue weighted by atomic mass is 32.2. The van der Waals surface area contributed by atoms with Gasteiger partial charge in [0.15, 0.2) is 0 Å². The largest absolute Gasteiger partial charge is 0.491 e. The molecule has 1 fully saturated rings. The lowest BCUT2D eigenvalue weighted by Gasteiger charge is -2.30. The molecule has 31 heavy (non-hydrogen) atoms. The molecule has 1 aliphatic heterocycles. The smallest absolute Gasteiger partial charge is 0.223 e. The van der Waals surface area contributed by atoms with Crippen LogP contribution in [0, 0.1) is 26.7 Å². The van der Waals surface area contributed by atoms with Gasteiger partial charge >= 0.3 is 0 Å². The molecular weight excluding hydrogens is 412 g/mol. The van der Waals surface area contributed by atoms with Gasteiger partial charge in [-0.1, -0.05) is 42.0 Å². The van der Waals surface area contributed by atoms with Gasteiger partial charge in [-0.25, -0.2) is 12.7 Å². The van der Waals surface area contributed by atoms with Crippen molar-refractivity contribution in [2.75, 3.05) is 26.2 Å². The minimum absolute atomic E-state index is 0.00625. The molecule has 0 aliphatic carbocycles. The first-order valence-corrected chi connectivity index (χ1v) is 12.4. The summed E-state index contributed by atoms with van der Waals surface area (Å²) in [5.74, 6) is 0.643. The number of piperidine rings is 1. The second-order valence-corrected chi connectivity index (χ2v) is 10.2. The fourth-order valence-electron chi connectivity index (χ4n) is 3.90. The second-order valence-electron chi connectivity index (χ2n) is 8.26. The third kappa shape index (κ3) is 6.31. The predicted octanol–water partition coefficient (Wildman–Crippen LogP) is 3.35. The molecule has 3 rings (SSSR count). The predicted molar refractivity (Wildman–Crippen MR) is 123 cm³/mol. The minimum atomic E-state index is -3.39. The lowest BCUT2D eigenvalue weighted by molar-refractivity contribution is -0.126. The summed E-state index contributed by atoms with van der Waals surface area (Å²) in [6.07, 6.45) is 1.08. The van der Waals surface area contributed by atoms with Crippen LogP contribution in [0.4, 0.5) is 0 Å². The van der Waals surface area contributed by atoms with Crippen molar-refractivity contribution in [3.05, 3.63) is 64.7 Å². The van der Waals surface area contributed by atoms with E-state index in [0.717, 1.165) is 22.4 Å². The van der Waals surface area contributed by atoms with Crippen LogP contribution >= 0.6 is 0 Å². The van der Waals surface area contributed by atoms with Gasteiger partial charge in [0.2, 0.25) is 15.9 Å². The van der Waals surface area contributed by atoms with E-state index in [1.165, 1.54) is 9.87 Å². The Bertz CT molecular complexity index is 1010. The molecule has 1 N–H and O–H groups in total. The van der Waals surface area contributed by atoms with Gasteiger partial charge < -0.3 is 10.1 Å². The molecule has 0 radical (unpaired) electrons. The van der Waals surface area contributed by atoms with Crippen molar-refractivity contribution in [2.45, 2.75) is 39.4 Å². The molecule has 0 spiro atoms. The first-order valence-electron chi connectivity index (χ1n) is 10.8. The molecular formula is C24H32N2O4S. The Morgan fingerprint density at radius 2 is 1.77 bits per heavy atom. The zero-order valence-corrected chi connectivity index (χ0v) is 19.4. The van der Waals surface area contributed by atoms with Crippen molar-refractivity contribution in [2.24, 2.45) is 5.92 Å². The molecule has 1 saturated heterocycles. The molecule has 1 heterocycles. The van der Waals surface area contributed by atoms with Crippen LogP contribution in [0.2, 0.25) is 0 Å². The Morgan fingerprint density at radius 3 is 2.45 bits per heavy atom. The van der Waals surface area contributed by atoms with Gasteiger partial charge in [-0.05, 0) is 56.4 Å². The number of amides is 1. The van der Waals surface area contributed by atoms with Crippen LogP contribution in [-0.2, 0) is 20.6 Å². The normalized spacial score (nSPS) is 15.6. The first-order chi connectivity index (χ1) is 14.8. The SMILES string of the molecule is Cc1ccc(OCCNC(=O)C2CCN(S(=O)(=O)Cc3ccccc3C)CC2)c(C)c1. The van der Waals surface area contributed by atoms with Crippen molar-refractivity contribution in [1.82, 2.24) is 9.62 Å². The lowest BCUT2D eigenvalue weighted by Crippen LogP contribution is -2.44. The fraction of sp³-hybridized carbons (Fsp3) is 0.458. The van der Waals surface area contributed by atoms with Gasteiger partial charge in [0.05, 0.1) is 12.3 Å². The number of ether oxygens (including phenoxy) is 1. The number of benzene rings is 2. The molecule has 1 aliphatic rings. The molecule has 0 saturated carbocycles. The zero-order valence-electron chi connectivity index (χ0n) is 18.6. The molecule has 6 nitrogen and oxygen atoms in total. The van der Waals surface area contributed by atoms with E-state index in [1.54, 1.807) is 0 Å². The Labute approximate surface area is 185 Å². The average Bonchev–Trinajstić information content (AvgIpc) is 2.74. The number of carbonyl (C=O) groups excluding carboxylic acids is 1. The molecule has 7 heteroatoms. The number of hydrogen-bond donors (Lipinski definition) is 1. The number of nitrogens with zero attached hydrogens (tertiary/aromatic N) is 1. The minimum Gasteiger partial charge on any atom is -0.491 e. The zero-order chi connectivity index (χ0) is 22.4. The first kappa shape index (κ1) is 23.3. The van der Waals surface area contributed by atoms with Gasteiger partial charge in [0.25, 0.3) is 0 Å². The Balaban J connectivity index is 1.42. The number of hydrogen-bond acceptors (Lipinski definition) is 4. The highest BCUT2D eigenvalue weighted by Gasteiger charge is 2.31. The van der Waals surface area contributed by atoms with Gasteiger partial charge in [-0.2, -0.15) is 0 Å². The molecule has 0 unspecified atom stereocenters. The number of carbonyl (C=O) groups is 1. The fourth-order valence-corrected chi connectivity index (χ4v) is 5.56. The van der Waals surface area contributed by atoms with Crippen LogP contribution in [0.15, 0.2) is 42.5 Å². The second kappa shape index (κ2) is 10.3. The van der Waals surface area contributed by atoms with Crippen LogP contribution < -0.4 is 10.1 Å². The van der Waals surface area contributed by atoms with Gasteiger partial charge in [-0.15, -0.1) is 0 Å². The molecule has 0 bridgehead atoms. The van der Waals surface area contributed by atoms with Crippen molar-refractivity contribution < 1.29 is 17.9 Å². The van der Waals surface area contributed by atoms with E-state index >= 15 is 0 Å². The maximum atomic E-state index is 12.8. The van der Waals surface area contributed by atoms with E-state index in [1.807, 2.05) is 57.2 Å². The maximum Gasteiger partial charge on any atom is 0.223 e. The monoisotopic (exact) mass is 444 g/mol. The summed E-state index contributed by atoms with van der Waals surface area (Å²) >= 11 is 0. The molecule has 1 amide bonds. The van der Waals surface area contributed by atoms with E-state index in [-0.39, 0.29) is 17.6 Å². The summed E-state index contributed by atoms with van der Waals surface area (Å²) in [6.45, 7) is 7.55. The van der Waals surface area contributed by atoms with Gasteiger partial charge in [0.1, 0.15) is 12.4 Å². The molecule has 168 valence electrons. The van der Waals surface area contributed by atoms with Crippen molar-refractivity contribution in [3.8, 4) is 5.75 Å². The van der Waals surface area contributed by atoms with Crippen LogP contribution in [0.25, 0.3) is 0 Å². The topological polar surface area (TPSA) is 75.7 Å². The maximum absolute atomic E-state index is 12.8. The number of nitrogens with one attached hydrogen (secondary N) is 1. The standard InChI is InChI=1S/C24H32N2O4S/c1-18-8-9-23(20(3)16-18)30-15-12-25-24(27)21-10-13-26(14-11-21)31(28,29)17-22-7-5-4-6-19(22)2/h4-9,16,21H,10-15,17H2,1-3H3,(H,25,27). The summed E-state index contributed by atoms with van der Waals surface area (Å²) < 4.78 is 32.8. The lowest BCUT2D eigenvalue weighted by atomic mass is 9.97. The highest BCUT2D eigenvalue weighted by Crippen LogP contribution is 2.23. The Kier molecular flexibility index (Phi) is 7.73. The van der Waals surface area contributed by atoms with Crippen LogP contribution in [-0.4, -0.2) is 44.9 Å². The van der Waals surface area contributed by atoms with E-state index in [0.29, 0.717) is 39.1 Å². The van der Waals surface area contributed by atoms with Crippen molar-refractivity contribution >= 4 is 15.9 Å². The quantitative estimate of drug-likeness (QED) is 0.634. The van der Waals surface area contributed by atoms with E-state index in [4.69, 9.17) is 4.74 Å². The van der Waals surface area contributed by atoms with Crippen LogP contribution in [0.5, 0.6) is 5.75 Å². The molecule has 2 aromatic rings. The summed E-state index contributed by atoms with van der Waals surface area (Å²) in [6, 6.07) is 13.6. The highest BCUT2D eigenvalue weighted by molar-refractivity contribution is 7.88. The average molecular weight is 445 g/mol. The Morgan fingerprint density at radius 1 is 1.06 bits per heavy atom. The summed E-state index contributed by atoms with van der Waals surface area (Å²) in [4.78, 5) is 12.5. The Hall–Kier alpha value is -2.38. The summed E-state index contributed by atoms with van der Waals surface area (Å²) in [7, 11) is -3.39. The number of aryl methyl sites for hydroxylation is 3. The van der Waals surface area contributed by atoms with Gasteiger partial charge in [-0.3, -0.25) is 4.79 Å². The third-order valence-corrected chi connectivity index (χ3v) is 7.63. The van der Waals surface area contributed by atoms with E-state index in [9.17, 15) is 13.2 Å². The van der Waals surface area contributed by atoms with Gasteiger partial charge in [0, 0.05) is 19.0 Å². The van der Waals surface area contributed by atoms with Crippen molar-refractivity contribution in [1.29, 1.82) is 0 Å². The summed E-state index contributed by atoms with van der Waals surface area (Å²) in [5.41, 5.74) is 4.06. The van der Waals surface area contributed by atoms with Crippen molar-refractivity contribution in [3.63, 3.8) is 0 Å². The molecule has 2 aromatic carbocycles. The summed E-state index contributed by atoms with van der Waals surface area (Å²) in [5, 5.41) is 2.92. The van der Waals surface area contributed by atoms with Crippen LogP contribution in [0.1, 0.15) is 35.1 Å². The number of sulfonamides is 1. The molecule has 0 aromatic heterocycles. The van der Waals surface area contributed by atoms with Crippen LogP contribution in [0.3, 0.4) is 0 Å². The molecule has 0 atom stereocenters.